The average Bonchev–Trinajstić information content (AvgIpc) is 2.85. The first kappa shape index (κ1) is 20.2. The standard InChI is InChI=1S/C21H34N4O2/c1-18(2)23(3)15-20(26)25-10-6-21(7-11-25)16-24(12-13-27-17-21)14-19-4-8-22-9-5-19/h4-5,8-9,18H,6-7,10-17H2,1-3H3. The second-order valence-electron chi connectivity index (χ2n) is 8.51. The second kappa shape index (κ2) is 9.13. The number of likely N-dealkylation sites (tertiary alicyclic amines) is 1. The van der Waals surface area contributed by atoms with E-state index in [-0.39, 0.29) is 11.3 Å². The maximum Gasteiger partial charge on any atom is 0.236 e. The van der Waals surface area contributed by atoms with Crippen molar-refractivity contribution in [2.24, 2.45) is 5.41 Å². The Labute approximate surface area is 163 Å². The number of carbonyl (C=O) groups excluding carboxylic acids is 1. The summed E-state index contributed by atoms with van der Waals surface area (Å²) in [6.07, 6.45) is 5.77. The third-order valence-corrected chi connectivity index (χ3v) is 6.12. The first-order chi connectivity index (χ1) is 13.0. The van der Waals surface area contributed by atoms with Crippen molar-refractivity contribution in [2.75, 3.05) is 53.0 Å². The highest BCUT2D eigenvalue weighted by Gasteiger charge is 2.39. The predicted octanol–water partition coefficient (Wildman–Crippen LogP) is 1.86. The van der Waals surface area contributed by atoms with E-state index in [0.717, 1.165) is 58.8 Å². The number of aromatic nitrogens is 1. The zero-order valence-corrected chi connectivity index (χ0v) is 17.1. The Hall–Kier alpha value is -1.50. The van der Waals surface area contributed by atoms with Gasteiger partial charge in [0.25, 0.3) is 0 Å². The fourth-order valence-electron chi connectivity index (χ4n) is 3.99. The number of hydrogen-bond acceptors (Lipinski definition) is 5. The quantitative estimate of drug-likeness (QED) is 0.787. The lowest BCUT2D eigenvalue weighted by molar-refractivity contribution is -0.135. The van der Waals surface area contributed by atoms with Gasteiger partial charge < -0.3 is 9.64 Å². The Balaban J connectivity index is 1.56. The number of ether oxygens (including phenoxy) is 1. The molecular weight excluding hydrogens is 340 g/mol. The van der Waals surface area contributed by atoms with Crippen molar-refractivity contribution in [2.45, 2.75) is 39.3 Å². The van der Waals surface area contributed by atoms with Crippen LogP contribution in [0.2, 0.25) is 0 Å². The minimum atomic E-state index is 0.171. The molecule has 2 saturated heterocycles. The summed E-state index contributed by atoms with van der Waals surface area (Å²) >= 11 is 0. The zero-order chi connectivity index (χ0) is 19.3. The summed E-state index contributed by atoms with van der Waals surface area (Å²) < 4.78 is 5.98. The molecule has 2 aliphatic rings. The molecule has 6 heteroatoms. The van der Waals surface area contributed by atoms with Gasteiger partial charge in [0, 0.05) is 56.6 Å². The molecule has 6 nitrogen and oxygen atoms in total. The maximum atomic E-state index is 12.6. The Bertz CT molecular complexity index is 599. The molecule has 27 heavy (non-hydrogen) atoms. The van der Waals surface area contributed by atoms with E-state index in [1.807, 2.05) is 24.3 Å². The first-order valence-electron chi connectivity index (χ1n) is 10.1. The minimum Gasteiger partial charge on any atom is -0.379 e. The van der Waals surface area contributed by atoms with Crippen molar-refractivity contribution >= 4 is 5.91 Å². The molecule has 1 aromatic heterocycles. The lowest BCUT2D eigenvalue weighted by Gasteiger charge is -2.43. The van der Waals surface area contributed by atoms with Crippen LogP contribution < -0.4 is 0 Å². The first-order valence-corrected chi connectivity index (χ1v) is 10.1. The van der Waals surface area contributed by atoms with Crippen molar-refractivity contribution in [3.63, 3.8) is 0 Å². The smallest absolute Gasteiger partial charge is 0.236 e. The highest BCUT2D eigenvalue weighted by atomic mass is 16.5. The fraction of sp³-hybridized carbons (Fsp3) is 0.714. The van der Waals surface area contributed by atoms with Crippen LogP contribution in [0.15, 0.2) is 24.5 Å². The summed E-state index contributed by atoms with van der Waals surface area (Å²) in [4.78, 5) is 23.4. The topological polar surface area (TPSA) is 48.9 Å². The van der Waals surface area contributed by atoms with E-state index in [2.05, 4.69) is 40.8 Å². The highest BCUT2D eigenvalue weighted by molar-refractivity contribution is 5.78. The Morgan fingerprint density at radius 2 is 1.96 bits per heavy atom. The summed E-state index contributed by atoms with van der Waals surface area (Å²) in [5.74, 6) is 0.254. The molecule has 0 saturated carbocycles. The van der Waals surface area contributed by atoms with E-state index in [1.165, 1.54) is 5.56 Å². The number of amides is 1. The summed E-state index contributed by atoms with van der Waals surface area (Å²) in [6, 6.07) is 4.57. The second-order valence-corrected chi connectivity index (χ2v) is 8.51. The summed E-state index contributed by atoms with van der Waals surface area (Å²) in [5, 5.41) is 0. The van der Waals surface area contributed by atoms with Crippen LogP contribution >= 0.6 is 0 Å². The highest BCUT2D eigenvalue weighted by Crippen LogP contribution is 2.34. The van der Waals surface area contributed by atoms with Gasteiger partial charge in [-0.15, -0.1) is 0 Å². The molecule has 0 bridgehead atoms. The molecule has 2 fully saturated rings. The van der Waals surface area contributed by atoms with E-state index in [9.17, 15) is 4.79 Å². The number of piperidine rings is 1. The van der Waals surface area contributed by atoms with Gasteiger partial charge >= 0.3 is 0 Å². The number of rotatable bonds is 5. The lowest BCUT2D eigenvalue weighted by atomic mass is 9.78. The van der Waals surface area contributed by atoms with Gasteiger partial charge in [-0.2, -0.15) is 0 Å². The van der Waals surface area contributed by atoms with Crippen LogP contribution in [0.4, 0.5) is 0 Å². The molecule has 0 unspecified atom stereocenters. The molecule has 0 aromatic carbocycles. The fourth-order valence-corrected chi connectivity index (χ4v) is 3.99. The number of carbonyl (C=O) groups is 1. The van der Waals surface area contributed by atoms with Crippen LogP contribution in [0.1, 0.15) is 32.3 Å². The molecular formula is C21H34N4O2. The molecule has 1 aromatic rings. The van der Waals surface area contributed by atoms with Gasteiger partial charge in [0.1, 0.15) is 0 Å². The normalized spacial score (nSPS) is 21.0. The zero-order valence-electron chi connectivity index (χ0n) is 17.1. The van der Waals surface area contributed by atoms with Gasteiger partial charge in [0.05, 0.1) is 19.8 Å². The molecule has 2 aliphatic heterocycles. The van der Waals surface area contributed by atoms with Gasteiger partial charge in [0.15, 0.2) is 0 Å². The monoisotopic (exact) mass is 374 g/mol. The minimum absolute atomic E-state index is 0.171. The number of nitrogens with zero attached hydrogens (tertiary/aromatic N) is 4. The van der Waals surface area contributed by atoms with Crippen LogP contribution in [0.5, 0.6) is 0 Å². The van der Waals surface area contributed by atoms with Gasteiger partial charge in [-0.1, -0.05) is 0 Å². The van der Waals surface area contributed by atoms with Crippen LogP contribution in [-0.4, -0.2) is 84.6 Å². The van der Waals surface area contributed by atoms with Crippen molar-refractivity contribution in [3.8, 4) is 0 Å². The molecule has 1 amide bonds. The molecule has 0 radical (unpaired) electrons. The molecule has 1 spiro atoms. The van der Waals surface area contributed by atoms with Gasteiger partial charge in [-0.05, 0) is 51.4 Å². The summed E-state index contributed by atoms with van der Waals surface area (Å²) in [6.45, 7) is 11.0. The van der Waals surface area contributed by atoms with Gasteiger partial charge in [-0.25, -0.2) is 0 Å². The number of likely N-dealkylation sites (N-methyl/N-ethyl adjacent to an activating group) is 1. The molecule has 3 heterocycles. The predicted molar refractivity (Wildman–Crippen MR) is 106 cm³/mol. The van der Waals surface area contributed by atoms with Crippen molar-refractivity contribution in [3.05, 3.63) is 30.1 Å². The van der Waals surface area contributed by atoms with Gasteiger partial charge in [0.2, 0.25) is 5.91 Å². The van der Waals surface area contributed by atoms with Crippen LogP contribution in [-0.2, 0) is 16.1 Å². The van der Waals surface area contributed by atoms with E-state index in [0.29, 0.717) is 12.6 Å². The Kier molecular flexibility index (Phi) is 6.84. The van der Waals surface area contributed by atoms with E-state index in [4.69, 9.17) is 4.74 Å². The largest absolute Gasteiger partial charge is 0.379 e. The summed E-state index contributed by atoms with van der Waals surface area (Å²) in [7, 11) is 2.02. The molecule has 3 rings (SSSR count). The number of hydrogen-bond donors (Lipinski definition) is 0. The third-order valence-electron chi connectivity index (χ3n) is 6.12. The van der Waals surface area contributed by atoms with E-state index < -0.39 is 0 Å². The Morgan fingerprint density at radius 1 is 1.26 bits per heavy atom. The summed E-state index contributed by atoms with van der Waals surface area (Å²) in [5.41, 5.74) is 1.47. The lowest BCUT2D eigenvalue weighted by Crippen LogP contribution is -2.50. The van der Waals surface area contributed by atoms with Crippen LogP contribution in [0.3, 0.4) is 0 Å². The number of pyridine rings is 1. The van der Waals surface area contributed by atoms with Crippen LogP contribution in [0, 0.1) is 5.41 Å². The Morgan fingerprint density at radius 3 is 2.63 bits per heavy atom. The van der Waals surface area contributed by atoms with Crippen LogP contribution in [0.25, 0.3) is 0 Å². The average molecular weight is 375 g/mol. The maximum absolute atomic E-state index is 12.6. The van der Waals surface area contributed by atoms with E-state index >= 15 is 0 Å². The van der Waals surface area contributed by atoms with Crippen molar-refractivity contribution < 1.29 is 9.53 Å². The molecule has 0 atom stereocenters. The molecule has 150 valence electrons. The third kappa shape index (κ3) is 5.50. The molecule has 0 N–H and O–H groups in total. The SMILES string of the molecule is CC(C)N(C)CC(=O)N1CCC2(CC1)COCCN(Cc1ccncc1)C2. The van der Waals surface area contributed by atoms with Gasteiger partial charge in [-0.3, -0.25) is 19.6 Å². The van der Waals surface area contributed by atoms with Crippen molar-refractivity contribution in [1.82, 2.24) is 19.7 Å². The van der Waals surface area contributed by atoms with E-state index in [1.54, 1.807) is 0 Å². The molecule has 0 aliphatic carbocycles. The van der Waals surface area contributed by atoms with Crippen molar-refractivity contribution in [1.29, 1.82) is 0 Å².